The second kappa shape index (κ2) is 5.65. The molecule has 0 aromatic heterocycles. The van der Waals surface area contributed by atoms with Crippen LogP contribution in [-0.2, 0) is 0 Å². The molecule has 0 radical (unpaired) electrons. The molecule has 1 aliphatic heterocycles. The zero-order chi connectivity index (χ0) is 13.8. The molecule has 3 rings (SSSR count). The smallest absolute Gasteiger partial charge is 0.231 e. The number of Topliss-reactive ketones (excluding diaryl/α,β-unsaturated/α-hetero) is 1. The molecule has 0 saturated carbocycles. The van der Waals surface area contributed by atoms with Gasteiger partial charge in [0.1, 0.15) is 5.75 Å². The van der Waals surface area contributed by atoms with Gasteiger partial charge >= 0.3 is 0 Å². The van der Waals surface area contributed by atoms with Crippen LogP contribution in [0.1, 0.15) is 16.8 Å². The Balaban J connectivity index is 1.57. The summed E-state index contributed by atoms with van der Waals surface area (Å²) < 4.78 is 16.0. The maximum Gasteiger partial charge on any atom is 0.231 e. The molecular weight excluding hydrogens is 256 g/mol. The second-order valence-corrected chi connectivity index (χ2v) is 4.40. The molecule has 102 valence electrons. The third kappa shape index (κ3) is 2.74. The van der Waals surface area contributed by atoms with Gasteiger partial charge in [-0.1, -0.05) is 18.2 Å². The van der Waals surface area contributed by atoms with Crippen LogP contribution >= 0.6 is 0 Å². The van der Waals surface area contributed by atoms with Gasteiger partial charge in [-0.25, -0.2) is 0 Å². The molecule has 2 aromatic carbocycles. The van der Waals surface area contributed by atoms with Gasteiger partial charge in [0, 0.05) is 12.0 Å². The SMILES string of the molecule is O=C(CCOc1ccccc1)c1ccc2c(c1)OCO2. The fourth-order valence-corrected chi connectivity index (χ4v) is 1.99. The van der Waals surface area contributed by atoms with Gasteiger partial charge < -0.3 is 14.2 Å². The average molecular weight is 270 g/mol. The molecule has 1 heterocycles. The molecule has 0 amide bonds. The van der Waals surface area contributed by atoms with E-state index in [1.165, 1.54) is 0 Å². The highest BCUT2D eigenvalue weighted by Crippen LogP contribution is 2.32. The second-order valence-electron chi connectivity index (χ2n) is 4.40. The molecule has 0 unspecified atom stereocenters. The van der Waals surface area contributed by atoms with E-state index in [0.717, 1.165) is 5.75 Å². The first-order valence-corrected chi connectivity index (χ1v) is 6.43. The third-order valence-corrected chi connectivity index (χ3v) is 3.04. The quantitative estimate of drug-likeness (QED) is 0.783. The highest BCUT2D eigenvalue weighted by Gasteiger charge is 2.16. The van der Waals surface area contributed by atoms with Gasteiger partial charge in [0.05, 0.1) is 6.61 Å². The van der Waals surface area contributed by atoms with E-state index in [0.29, 0.717) is 30.1 Å². The number of ether oxygens (including phenoxy) is 3. The monoisotopic (exact) mass is 270 g/mol. The highest BCUT2D eigenvalue weighted by molar-refractivity contribution is 5.96. The zero-order valence-corrected chi connectivity index (χ0v) is 10.9. The van der Waals surface area contributed by atoms with Crippen molar-refractivity contribution >= 4 is 5.78 Å². The summed E-state index contributed by atoms with van der Waals surface area (Å²) in [6.45, 7) is 0.571. The van der Waals surface area contributed by atoms with Crippen LogP contribution in [0.15, 0.2) is 48.5 Å². The summed E-state index contributed by atoms with van der Waals surface area (Å²) in [6.07, 6.45) is 0.328. The van der Waals surface area contributed by atoms with Gasteiger partial charge in [-0.05, 0) is 30.3 Å². The summed E-state index contributed by atoms with van der Waals surface area (Å²) in [6, 6.07) is 14.7. The summed E-state index contributed by atoms with van der Waals surface area (Å²) in [5.74, 6) is 2.10. The van der Waals surface area contributed by atoms with Gasteiger partial charge in [0.25, 0.3) is 0 Å². The molecule has 4 nitrogen and oxygen atoms in total. The van der Waals surface area contributed by atoms with Gasteiger partial charge in [0.15, 0.2) is 17.3 Å². The van der Waals surface area contributed by atoms with Crippen LogP contribution in [0.5, 0.6) is 17.2 Å². The van der Waals surface area contributed by atoms with E-state index in [2.05, 4.69) is 0 Å². The van der Waals surface area contributed by atoms with Crippen molar-refractivity contribution in [2.24, 2.45) is 0 Å². The van der Waals surface area contributed by atoms with E-state index >= 15 is 0 Å². The van der Waals surface area contributed by atoms with Crippen molar-refractivity contribution in [2.75, 3.05) is 13.4 Å². The molecule has 0 bridgehead atoms. The Labute approximate surface area is 116 Å². The topological polar surface area (TPSA) is 44.8 Å². The first-order chi connectivity index (χ1) is 9.83. The van der Waals surface area contributed by atoms with Crippen molar-refractivity contribution in [1.82, 2.24) is 0 Å². The van der Waals surface area contributed by atoms with E-state index in [1.54, 1.807) is 18.2 Å². The molecule has 0 fully saturated rings. The first-order valence-electron chi connectivity index (χ1n) is 6.43. The Morgan fingerprint density at radius 3 is 2.70 bits per heavy atom. The van der Waals surface area contributed by atoms with Crippen molar-refractivity contribution in [3.8, 4) is 17.2 Å². The summed E-state index contributed by atoms with van der Waals surface area (Å²) in [7, 11) is 0. The van der Waals surface area contributed by atoms with Crippen molar-refractivity contribution in [1.29, 1.82) is 0 Å². The van der Waals surface area contributed by atoms with Crippen LogP contribution < -0.4 is 14.2 Å². The van der Waals surface area contributed by atoms with Crippen LogP contribution in [-0.4, -0.2) is 19.2 Å². The number of rotatable bonds is 5. The fraction of sp³-hybridized carbons (Fsp3) is 0.188. The van der Waals surface area contributed by atoms with E-state index < -0.39 is 0 Å². The van der Waals surface area contributed by atoms with E-state index in [4.69, 9.17) is 14.2 Å². The van der Waals surface area contributed by atoms with Crippen LogP contribution in [0.4, 0.5) is 0 Å². The summed E-state index contributed by atoms with van der Waals surface area (Å²) in [5, 5.41) is 0. The summed E-state index contributed by atoms with van der Waals surface area (Å²) in [4.78, 5) is 12.1. The molecule has 0 N–H and O–H groups in total. The molecule has 1 aliphatic rings. The minimum absolute atomic E-state index is 0.0271. The lowest BCUT2D eigenvalue weighted by Gasteiger charge is -2.06. The highest BCUT2D eigenvalue weighted by atomic mass is 16.7. The number of fused-ring (bicyclic) bond motifs is 1. The number of benzene rings is 2. The van der Waals surface area contributed by atoms with E-state index in [9.17, 15) is 4.79 Å². The van der Waals surface area contributed by atoms with E-state index in [-0.39, 0.29) is 12.6 Å². The number of hydrogen-bond donors (Lipinski definition) is 0. The molecule has 0 spiro atoms. The van der Waals surface area contributed by atoms with Crippen molar-refractivity contribution < 1.29 is 19.0 Å². The predicted octanol–water partition coefficient (Wildman–Crippen LogP) is 3.07. The molecule has 20 heavy (non-hydrogen) atoms. The maximum atomic E-state index is 12.1. The number of hydrogen-bond acceptors (Lipinski definition) is 4. The predicted molar refractivity (Wildman–Crippen MR) is 73.4 cm³/mol. The fourth-order valence-electron chi connectivity index (χ4n) is 1.99. The Morgan fingerprint density at radius 1 is 1.05 bits per heavy atom. The summed E-state index contributed by atoms with van der Waals surface area (Å²) >= 11 is 0. The Hall–Kier alpha value is -2.49. The Morgan fingerprint density at radius 2 is 1.85 bits per heavy atom. The van der Waals surface area contributed by atoms with Gasteiger partial charge in [-0.15, -0.1) is 0 Å². The largest absolute Gasteiger partial charge is 0.493 e. The molecule has 0 atom stereocenters. The van der Waals surface area contributed by atoms with Crippen LogP contribution in [0.3, 0.4) is 0 Å². The number of para-hydroxylation sites is 1. The lowest BCUT2D eigenvalue weighted by Crippen LogP contribution is -2.06. The minimum atomic E-state index is 0.0271. The van der Waals surface area contributed by atoms with Crippen molar-refractivity contribution in [2.45, 2.75) is 6.42 Å². The normalized spacial score (nSPS) is 12.2. The van der Waals surface area contributed by atoms with E-state index in [1.807, 2.05) is 30.3 Å². The van der Waals surface area contributed by atoms with Crippen LogP contribution in [0.25, 0.3) is 0 Å². The van der Waals surface area contributed by atoms with Crippen LogP contribution in [0.2, 0.25) is 0 Å². The van der Waals surface area contributed by atoms with Gasteiger partial charge in [-0.2, -0.15) is 0 Å². The third-order valence-electron chi connectivity index (χ3n) is 3.04. The molecular formula is C16H14O4. The Kier molecular flexibility index (Phi) is 3.54. The van der Waals surface area contributed by atoms with Gasteiger partial charge in [-0.3, -0.25) is 4.79 Å². The summed E-state index contributed by atoms with van der Waals surface area (Å²) in [5.41, 5.74) is 0.617. The average Bonchev–Trinajstić information content (AvgIpc) is 2.95. The lowest BCUT2D eigenvalue weighted by molar-refractivity contribution is 0.0961. The molecule has 2 aromatic rings. The standard InChI is InChI=1S/C16H14O4/c17-14(8-9-18-13-4-2-1-3-5-13)12-6-7-15-16(10-12)20-11-19-15/h1-7,10H,8-9,11H2. The number of carbonyl (C=O) groups is 1. The van der Waals surface area contributed by atoms with Crippen molar-refractivity contribution in [3.05, 3.63) is 54.1 Å². The number of carbonyl (C=O) groups excluding carboxylic acids is 1. The molecule has 0 saturated heterocycles. The minimum Gasteiger partial charge on any atom is -0.493 e. The lowest BCUT2D eigenvalue weighted by atomic mass is 10.1. The van der Waals surface area contributed by atoms with Crippen LogP contribution in [0, 0.1) is 0 Å². The van der Waals surface area contributed by atoms with Crippen molar-refractivity contribution in [3.63, 3.8) is 0 Å². The number of ketones is 1. The molecule has 4 heteroatoms. The van der Waals surface area contributed by atoms with Gasteiger partial charge in [0.2, 0.25) is 6.79 Å². The maximum absolute atomic E-state index is 12.1. The zero-order valence-electron chi connectivity index (χ0n) is 10.9. The Bertz CT molecular complexity index is 607. The molecule has 0 aliphatic carbocycles. The first kappa shape index (κ1) is 12.5.